The van der Waals surface area contributed by atoms with Gasteiger partial charge in [0.1, 0.15) is 19.8 Å². The van der Waals surface area contributed by atoms with Crippen LogP contribution in [0.5, 0.6) is 0 Å². The first kappa shape index (κ1) is 88.8. The van der Waals surface area contributed by atoms with Crippen molar-refractivity contribution < 1.29 is 42.1 Å². The number of allylic oxidation sites excluding steroid dienone is 32. The highest BCUT2D eigenvalue weighted by Gasteiger charge is 2.22. The fourth-order valence-electron chi connectivity index (χ4n) is 9.51. The number of phosphoric ester groups is 1. The molecule has 0 saturated carbocycles. The molecule has 9 nitrogen and oxygen atoms in total. The summed E-state index contributed by atoms with van der Waals surface area (Å²) in [5, 5.41) is 0. The quantitative estimate of drug-likeness (QED) is 0.0195. The molecular formula is C84H136NO8P. The van der Waals surface area contributed by atoms with E-state index < -0.39 is 32.5 Å². The molecule has 2 unspecified atom stereocenters. The van der Waals surface area contributed by atoms with Gasteiger partial charge < -0.3 is 27.9 Å². The van der Waals surface area contributed by atoms with Crippen LogP contribution in [0.2, 0.25) is 0 Å². The molecule has 0 saturated heterocycles. The van der Waals surface area contributed by atoms with Gasteiger partial charge in [0, 0.05) is 12.8 Å². The highest BCUT2D eigenvalue weighted by atomic mass is 31.2. The number of hydrogen-bond acceptors (Lipinski definition) is 8. The Labute approximate surface area is 577 Å². The van der Waals surface area contributed by atoms with Crippen LogP contribution >= 0.6 is 7.82 Å². The Kier molecular flexibility index (Phi) is 68.2. The van der Waals surface area contributed by atoms with Crippen molar-refractivity contribution in [1.29, 1.82) is 0 Å². The molecule has 0 heterocycles. The van der Waals surface area contributed by atoms with Crippen LogP contribution in [0.1, 0.15) is 271 Å². The molecule has 94 heavy (non-hydrogen) atoms. The van der Waals surface area contributed by atoms with Crippen molar-refractivity contribution in [2.24, 2.45) is 0 Å². The number of rotatable bonds is 66. The predicted molar refractivity (Wildman–Crippen MR) is 406 cm³/mol. The summed E-state index contributed by atoms with van der Waals surface area (Å²) in [6.45, 7) is 3.98. The first-order valence-electron chi connectivity index (χ1n) is 37.1. The molecule has 0 amide bonds. The average Bonchev–Trinajstić information content (AvgIpc) is 1.56. The fraction of sp³-hybridized carbons (Fsp3) is 0.595. The summed E-state index contributed by atoms with van der Waals surface area (Å²) in [7, 11) is 1.14. The maximum atomic E-state index is 12.9. The standard InChI is InChI=1S/C84H136NO8P/c1-6-8-10-12-14-16-18-20-22-24-26-28-30-32-34-36-38-39-40-41-42-43-44-45-47-49-51-53-55-57-59-61-63-65-67-69-71-73-75-77-84(87)93-82(81-92-94(88,89)91-79-78-85(3,4)5)80-90-83(86)76-74-72-70-68-66-64-62-60-58-56-54-52-50-48-46-37-35-33-31-29-27-25-23-21-19-17-15-13-11-9-7-2/h8-11,14-17,20-23,26-29,32-35,38-39,41-42,44-46,48,52,54,58,60,82H,6-7,12-13,18-19,24-25,30-31,36-37,40,43,47,49-51,53,55-57,59,61-81H2,1-5H3/b10-8-,11-9-,16-14-,17-15-,22-20-,23-21-,28-26-,29-27-,34-32-,35-33-,39-38-,42-41-,45-44-,48-46-,54-52-,60-58-. The van der Waals surface area contributed by atoms with Crippen molar-refractivity contribution >= 4 is 19.8 Å². The SMILES string of the molecule is CC/C=C\C/C=C\C/C=C\C/C=C\C/C=C\C/C=C\C/C=C\C/C=C\CCCCCCCCCCCCCCCCC(=O)OC(COC(=O)CCCCCCCC/C=C\C/C=C\C/C=C\C/C=C\C/C=C\C/C=C\C/C=C\C/C=C\CC)COP(=O)([O-])OCC[N+](C)(C)C. The Morgan fingerprint density at radius 1 is 0.330 bits per heavy atom. The van der Waals surface area contributed by atoms with E-state index in [2.05, 4.69) is 208 Å². The Balaban J connectivity index is 4.11. The zero-order chi connectivity index (χ0) is 68.3. The van der Waals surface area contributed by atoms with E-state index in [4.69, 9.17) is 18.5 Å². The first-order chi connectivity index (χ1) is 46.0. The van der Waals surface area contributed by atoms with Crippen molar-refractivity contribution in [3.63, 3.8) is 0 Å². The summed E-state index contributed by atoms with van der Waals surface area (Å²) in [6.07, 6.45) is 112. The number of unbranched alkanes of at least 4 members (excludes halogenated alkanes) is 20. The van der Waals surface area contributed by atoms with Crippen LogP contribution in [-0.4, -0.2) is 70.0 Å². The van der Waals surface area contributed by atoms with E-state index in [-0.39, 0.29) is 26.1 Å². The third-order valence-electron chi connectivity index (χ3n) is 15.1. The van der Waals surface area contributed by atoms with Crippen molar-refractivity contribution in [3.8, 4) is 0 Å². The predicted octanol–water partition coefficient (Wildman–Crippen LogP) is 24.2. The van der Waals surface area contributed by atoms with E-state index in [1.807, 2.05) is 21.1 Å². The maximum Gasteiger partial charge on any atom is 0.306 e. The van der Waals surface area contributed by atoms with Gasteiger partial charge in [-0.3, -0.25) is 14.2 Å². The average molecular weight is 1320 g/mol. The Morgan fingerprint density at radius 3 is 0.851 bits per heavy atom. The molecular weight excluding hydrogens is 1180 g/mol. The molecule has 530 valence electrons. The first-order valence-corrected chi connectivity index (χ1v) is 38.6. The van der Waals surface area contributed by atoms with E-state index >= 15 is 0 Å². The van der Waals surface area contributed by atoms with Crippen molar-refractivity contribution in [1.82, 2.24) is 0 Å². The van der Waals surface area contributed by atoms with E-state index in [0.29, 0.717) is 23.9 Å². The number of phosphoric acid groups is 1. The lowest BCUT2D eigenvalue weighted by Gasteiger charge is -2.28. The molecule has 0 N–H and O–H groups in total. The van der Waals surface area contributed by atoms with Crippen LogP contribution < -0.4 is 4.89 Å². The van der Waals surface area contributed by atoms with Crippen LogP contribution in [0.15, 0.2) is 194 Å². The Morgan fingerprint density at radius 2 is 0.574 bits per heavy atom. The monoisotopic (exact) mass is 1320 g/mol. The second-order valence-electron chi connectivity index (χ2n) is 25.2. The molecule has 0 fully saturated rings. The molecule has 0 aromatic rings. The second-order valence-corrected chi connectivity index (χ2v) is 26.6. The third kappa shape index (κ3) is 75.9. The van der Waals surface area contributed by atoms with Crippen molar-refractivity contribution in [2.45, 2.75) is 277 Å². The van der Waals surface area contributed by atoms with Gasteiger partial charge in [0.25, 0.3) is 7.82 Å². The zero-order valence-electron chi connectivity index (χ0n) is 60.3. The number of hydrogen-bond donors (Lipinski definition) is 0. The van der Waals surface area contributed by atoms with Gasteiger partial charge in [-0.25, -0.2) is 0 Å². The van der Waals surface area contributed by atoms with Gasteiger partial charge >= 0.3 is 11.9 Å². The van der Waals surface area contributed by atoms with Crippen molar-refractivity contribution in [3.05, 3.63) is 194 Å². The fourth-order valence-corrected chi connectivity index (χ4v) is 10.2. The molecule has 0 bridgehead atoms. The topological polar surface area (TPSA) is 111 Å². The summed E-state index contributed by atoms with van der Waals surface area (Å²) in [5.41, 5.74) is 0. The number of ether oxygens (including phenoxy) is 2. The van der Waals surface area contributed by atoms with Gasteiger partial charge in [-0.15, -0.1) is 0 Å². The van der Waals surface area contributed by atoms with Gasteiger partial charge in [0.15, 0.2) is 6.10 Å². The minimum atomic E-state index is -4.66. The maximum absolute atomic E-state index is 12.9. The highest BCUT2D eigenvalue weighted by molar-refractivity contribution is 7.45. The second kappa shape index (κ2) is 72.1. The zero-order valence-corrected chi connectivity index (χ0v) is 61.2. The molecule has 10 heteroatoms. The van der Waals surface area contributed by atoms with Crippen LogP contribution in [0, 0.1) is 0 Å². The third-order valence-corrected chi connectivity index (χ3v) is 16.1. The molecule has 0 aromatic heterocycles. The number of carbonyl (C=O) groups is 2. The van der Waals surface area contributed by atoms with Gasteiger partial charge in [-0.05, 0) is 141 Å². The number of nitrogens with zero attached hydrogens (tertiary/aromatic N) is 1. The van der Waals surface area contributed by atoms with E-state index in [1.54, 1.807) is 0 Å². The Bertz CT molecular complexity index is 2290. The summed E-state index contributed by atoms with van der Waals surface area (Å²) in [6, 6.07) is 0. The largest absolute Gasteiger partial charge is 0.756 e. The van der Waals surface area contributed by atoms with Gasteiger partial charge in [-0.2, -0.15) is 0 Å². The lowest BCUT2D eigenvalue weighted by atomic mass is 10.0. The lowest BCUT2D eigenvalue weighted by molar-refractivity contribution is -0.870. The Hall–Kier alpha value is -5.15. The molecule has 0 aliphatic carbocycles. The molecule has 2 atom stereocenters. The van der Waals surface area contributed by atoms with E-state index in [0.717, 1.165) is 161 Å². The molecule has 0 aliphatic heterocycles. The summed E-state index contributed by atoms with van der Waals surface area (Å²) >= 11 is 0. The van der Waals surface area contributed by atoms with Crippen LogP contribution in [-0.2, 0) is 32.7 Å². The van der Waals surface area contributed by atoms with Crippen LogP contribution in [0.25, 0.3) is 0 Å². The van der Waals surface area contributed by atoms with Crippen molar-refractivity contribution in [2.75, 3.05) is 47.5 Å². The summed E-state index contributed by atoms with van der Waals surface area (Å²) in [5.74, 6) is -0.860. The normalized spacial score (nSPS) is 14.2. The number of likely N-dealkylation sites (N-methyl/N-ethyl adjacent to an activating group) is 1. The van der Waals surface area contributed by atoms with E-state index in [1.165, 1.54) is 70.6 Å². The minimum Gasteiger partial charge on any atom is -0.756 e. The number of esters is 2. The lowest BCUT2D eigenvalue weighted by Crippen LogP contribution is -2.37. The molecule has 0 aromatic carbocycles. The summed E-state index contributed by atoms with van der Waals surface area (Å²) < 4.78 is 34.3. The van der Waals surface area contributed by atoms with Crippen LogP contribution in [0.3, 0.4) is 0 Å². The summed E-state index contributed by atoms with van der Waals surface area (Å²) in [4.78, 5) is 38.1. The molecule has 0 radical (unpaired) electrons. The molecule has 0 aliphatic rings. The van der Waals surface area contributed by atoms with E-state index in [9.17, 15) is 19.0 Å². The van der Waals surface area contributed by atoms with Gasteiger partial charge in [0.05, 0.1) is 27.7 Å². The number of quaternary nitrogens is 1. The highest BCUT2D eigenvalue weighted by Crippen LogP contribution is 2.38. The smallest absolute Gasteiger partial charge is 0.306 e. The van der Waals surface area contributed by atoms with Gasteiger partial charge in [-0.1, -0.05) is 311 Å². The number of carbonyl (C=O) groups excluding carboxylic acids is 2. The molecule has 0 rings (SSSR count). The van der Waals surface area contributed by atoms with Gasteiger partial charge in [0.2, 0.25) is 0 Å². The van der Waals surface area contributed by atoms with Crippen LogP contribution in [0.4, 0.5) is 0 Å². The molecule has 0 spiro atoms. The minimum absolute atomic E-state index is 0.0430.